The van der Waals surface area contributed by atoms with Crippen LogP contribution in [0.15, 0.2) is 24.7 Å². The van der Waals surface area contributed by atoms with Crippen molar-refractivity contribution in [3.63, 3.8) is 0 Å². The van der Waals surface area contributed by atoms with Gasteiger partial charge in [0.25, 0.3) is 0 Å². The van der Waals surface area contributed by atoms with Crippen LogP contribution in [0.1, 0.15) is 28.5 Å². The van der Waals surface area contributed by atoms with Crippen molar-refractivity contribution in [2.24, 2.45) is 0 Å². The fourth-order valence-electron chi connectivity index (χ4n) is 2.44. The van der Waals surface area contributed by atoms with Crippen LogP contribution in [-0.2, 0) is 0 Å². The van der Waals surface area contributed by atoms with Gasteiger partial charge in [-0.25, -0.2) is 9.78 Å². The van der Waals surface area contributed by atoms with Crippen LogP contribution in [0.25, 0.3) is 5.65 Å². The standard InChI is InChI=1S/C15H18N6OS/c1-9(13-10(2)23-11(3)17-13)20(4)15(22)18-12-6-5-7-21-8-16-19-14(12)21/h5-9H,1-4H3,(H,18,22). The molecule has 3 rings (SSSR count). The molecule has 0 fully saturated rings. The van der Waals surface area contributed by atoms with E-state index in [1.165, 1.54) is 0 Å². The minimum atomic E-state index is -0.210. The predicted octanol–water partition coefficient (Wildman–Crippen LogP) is 3.03. The van der Waals surface area contributed by atoms with Gasteiger partial charge in [0.1, 0.15) is 6.33 Å². The molecule has 0 aromatic carbocycles. The predicted molar refractivity (Wildman–Crippen MR) is 89.8 cm³/mol. The number of nitrogens with zero attached hydrogens (tertiary/aromatic N) is 5. The summed E-state index contributed by atoms with van der Waals surface area (Å²) < 4.78 is 1.76. The average molecular weight is 330 g/mol. The molecule has 3 heterocycles. The molecule has 0 bridgehead atoms. The smallest absolute Gasteiger partial charge is 0.319 e. The summed E-state index contributed by atoms with van der Waals surface area (Å²) in [6.07, 6.45) is 3.43. The number of rotatable bonds is 3. The molecule has 7 nitrogen and oxygen atoms in total. The van der Waals surface area contributed by atoms with Crippen LogP contribution >= 0.6 is 11.3 Å². The summed E-state index contributed by atoms with van der Waals surface area (Å²) in [5.41, 5.74) is 2.17. The molecule has 1 atom stereocenters. The van der Waals surface area contributed by atoms with E-state index in [-0.39, 0.29) is 12.1 Å². The molecule has 3 aromatic heterocycles. The maximum atomic E-state index is 12.5. The number of hydrogen-bond acceptors (Lipinski definition) is 5. The van der Waals surface area contributed by atoms with Crippen molar-refractivity contribution in [1.29, 1.82) is 0 Å². The molecule has 2 amide bonds. The quantitative estimate of drug-likeness (QED) is 0.801. The molecule has 0 aliphatic rings. The Morgan fingerprint density at radius 2 is 2.22 bits per heavy atom. The lowest BCUT2D eigenvalue weighted by atomic mass is 10.2. The number of urea groups is 1. The highest BCUT2D eigenvalue weighted by Crippen LogP contribution is 2.26. The van der Waals surface area contributed by atoms with Gasteiger partial charge in [0.15, 0.2) is 5.65 Å². The van der Waals surface area contributed by atoms with E-state index in [0.717, 1.165) is 15.6 Å². The van der Waals surface area contributed by atoms with Gasteiger partial charge in [-0.05, 0) is 32.9 Å². The number of thiazole rings is 1. The van der Waals surface area contributed by atoms with Gasteiger partial charge in [-0.1, -0.05) is 0 Å². The summed E-state index contributed by atoms with van der Waals surface area (Å²) in [4.78, 5) is 19.9. The van der Waals surface area contributed by atoms with Gasteiger partial charge < -0.3 is 10.2 Å². The normalized spacial score (nSPS) is 12.3. The lowest BCUT2D eigenvalue weighted by Crippen LogP contribution is -2.34. The number of aromatic nitrogens is 4. The van der Waals surface area contributed by atoms with Gasteiger partial charge in [-0.15, -0.1) is 21.5 Å². The number of pyridine rings is 1. The lowest BCUT2D eigenvalue weighted by molar-refractivity contribution is 0.207. The van der Waals surface area contributed by atoms with Gasteiger partial charge in [0.2, 0.25) is 0 Å². The number of amides is 2. The molecule has 120 valence electrons. The summed E-state index contributed by atoms with van der Waals surface area (Å²) in [5.74, 6) is 0. The third-order valence-corrected chi connectivity index (χ3v) is 4.70. The van der Waals surface area contributed by atoms with E-state index in [2.05, 4.69) is 20.5 Å². The molecule has 0 saturated heterocycles. The number of nitrogens with one attached hydrogen (secondary N) is 1. The van der Waals surface area contributed by atoms with Crippen LogP contribution in [0, 0.1) is 13.8 Å². The zero-order chi connectivity index (χ0) is 16.6. The molecule has 0 radical (unpaired) electrons. The highest BCUT2D eigenvalue weighted by atomic mass is 32.1. The Balaban J connectivity index is 1.80. The summed E-state index contributed by atoms with van der Waals surface area (Å²) >= 11 is 1.64. The van der Waals surface area contributed by atoms with Crippen molar-refractivity contribution in [3.8, 4) is 0 Å². The van der Waals surface area contributed by atoms with Crippen molar-refractivity contribution in [3.05, 3.63) is 40.2 Å². The first-order chi connectivity index (χ1) is 11.0. The SMILES string of the molecule is Cc1nc(C(C)N(C)C(=O)Nc2cccn3cnnc23)c(C)s1. The Bertz CT molecular complexity index is 855. The van der Waals surface area contributed by atoms with Crippen molar-refractivity contribution in [2.75, 3.05) is 12.4 Å². The minimum absolute atomic E-state index is 0.113. The molecule has 0 spiro atoms. The Morgan fingerprint density at radius 1 is 1.43 bits per heavy atom. The molecule has 23 heavy (non-hydrogen) atoms. The fraction of sp³-hybridized carbons (Fsp3) is 0.333. The number of carbonyl (C=O) groups is 1. The van der Waals surface area contributed by atoms with E-state index in [9.17, 15) is 4.79 Å². The number of hydrogen-bond donors (Lipinski definition) is 1. The Hall–Kier alpha value is -2.48. The minimum Gasteiger partial charge on any atom is -0.319 e. The zero-order valence-electron chi connectivity index (χ0n) is 13.4. The van der Waals surface area contributed by atoms with Crippen LogP contribution in [0.3, 0.4) is 0 Å². The van der Waals surface area contributed by atoms with Crippen LogP contribution in [0.4, 0.5) is 10.5 Å². The summed E-state index contributed by atoms with van der Waals surface area (Å²) in [5, 5.41) is 11.8. The Kier molecular flexibility index (Phi) is 3.99. The fourth-order valence-corrected chi connectivity index (χ4v) is 3.35. The Labute approximate surface area is 138 Å². The highest BCUT2D eigenvalue weighted by molar-refractivity contribution is 7.11. The van der Waals surface area contributed by atoms with Crippen molar-refractivity contribution in [1.82, 2.24) is 24.5 Å². The van der Waals surface area contributed by atoms with Gasteiger partial charge in [0.05, 0.1) is 22.4 Å². The topological polar surface area (TPSA) is 75.4 Å². The van der Waals surface area contributed by atoms with Gasteiger partial charge in [0, 0.05) is 18.1 Å². The number of fused-ring (bicyclic) bond motifs is 1. The summed E-state index contributed by atoms with van der Waals surface area (Å²) in [6.45, 7) is 5.97. The van der Waals surface area contributed by atoms with Crippen molar-refractivity contribution >= 4 is 28.7 Å². The van der Waals surface area contributed by atoms with Crippen molar-refractivity contribution < 1.29 is 4.79 Å². The van der Waals surface area contributed by atoms with Gasteiger partial charge in [-0.3, -0.25) is 4.40 Å². The molecular formula is C15H18N6OS. The molecule has 1 N–H and O–H groups in total. The van der Waals surface area contributed by atoms with E-state index in [1.54, 1.807) is 40.1 Å². The first-order valence-electron chi connectivity index (χ1n) is 7.23. The first kappa shape index (κ1) is 15.4. The highest BCUT2D eigenvalue weighted by Gasteiger charge is 2.22. The third-order valence-electron chi connectivity index (χ3n) is 3.80. The van der Waals surface area contributed by atoms with Crippen LogP contribution in [-0.4, -0.2) is 37.6 Å². The lowest BCUT2D eigenvalue weighted by Gasteiger charge is -2.24. The number of carbonyl (C=O) groups excluding carboxylic acids is 1. The van der Waals surface area contributed by atoms with E-state index in [4.69, 9.17) is 0 Å². The molecule has 3 aromatic rings. The van der Waals surface area contributed by atoms with Crippen LogP contribution in [0.5, 0.6) is 0 Å². The number of anilines is 1. The molecular weight excluding hydrogens is 312 g/mol. The molecule has 8 heteroatoms. The second-order valence-corrected chi connectivity index (χ2v) is 6.78. The molecule has 0 aliphatic heterocycles. The summed E-state index contributed by atoms with van der Waals surface area (Å²) in [6, 6.07) is 3.32. The monoisotopic (exact) mass is 330 g/mol. The maximum Gasteiger partial charge on any atom is 0.322 e. The third kappa shape index (κ3) is 2.89. The second kappa shape index (κ2) is 5.96. The number of aryl methyl sites for hydroxylation is 2. The summed E-state index contributed by atoms with van der Waals surface area (Å²) in [7, 11) is 1.76. The van der Waals surface area contributed by atoms with E-state index in [0.29, 0.717) is 11.3 Å². The van der Waals surface area contributed by atoms with E-state index >= 15 is 0 Å². The molecule has 0 saturated carbocycles. The van der Waals surface area contributed by atoms with Gasteiger partial charge >= 0.3 is 6.03 Å². The maximum absolute atomic E-state index is 12.5. The van der Waals surface area contributed by atoms with E-state index in [1.807, 2.05) is 33.0 Å². The average Bonchev–Trinajstić information content (AvgIpc) is 3.12. The van der Waals surface area contributed by atoms with Gasteiger partial charge in [-0.2, -0.15) is 0 Å². The van der Waals surface area contributed by atoms with Crippen molar-refractivity contribution in [2.45, 2.75) is 26.8 Å². The second-order valence-electron chi connectivity index (χ2n) is 5.38. The Morgan fingerprint density at radius 3 is 2.91 bits per heavy atom. The first-order valence-corrected chi connectivity index (χ1v) is 8.05. The largest absolute Gasteiger partial charge is 0.322 e. The zero-order valence-corrected chi connectivity index (χ0v) is 14.3. The van der Waals surface area contributed by atoms with Crippen LogP contribution in [0.2, 0.25) is 0 Å². The molecule has 1 unspecified atom stereocenters. The molecule has 0 aliphatic carbocycles. The van der Waals surface area contributed by atoms with Crippen LogP contribution < -0.4 is 5.32 Å². The van der Waals surface area contributed by atoms with E-state index < -0.39 is 0 Å².